The fraction of sp³-hybridized carbons (Fsp3) is 0.417. The van der Waals surface area contributed by atoms with E-state index < -0.39 is 22.0 Å². The number of aliphatic hydroxyl groups excluding tert-OH is 1. The predicted molar refractivity (Wildman–Crippen MR) is 69.6 cm³/mol. The molecular weight excluding hydrogens is 270 g/mol. The van der Waals surface area contributed by atoms with Gasteiger partial charge in [0.05, 0.1) is 17.1 Å². The largest absolute Gasteiger partial charge is 0.478 e. The van der Waals surface area contributed by atoms with E-state index >= 15 is 0 Å². The summed E-state index contributed by atoms with van der Waals surface area (Å²) in [6.45, 7) is 2.97. The average Bonchev–Trinajstić information content (AvgIpc) is 2.37. The number of nitrogens with one attached hydrogen (secondary N) is 1. The highest BCUT2D eigenvalue weighted by Crippen LogP contribution is 2.19. The van der Waals surface area contributed by atoms with E-state index in [1.807, 2.05) is 0 Å². The number of carboxylic acid groups (broad SMARTS) is 1. The summed E-state index contributed by atoms with van der Waals surface area (Å²) >= 11 is 0. The van der Waals surface area contributed by atoms with Crippen molar-refractivity contribution in [2.45, 2.75) is 31.2 Å². The van der Waals surface area contributed by atoms with Crippen LogP contribution < -0.4 is 4.72 Å². The molecule has 7 heteroatoms. The molecule has 0 aromatic heterocycles. The van der Waals surface area contributed by atoms with Crippen molar-refractivity contribution in [1.29, 1.82) is 0 Å². The Morgan fingerprint density at radius 2 is 2.05 bits per heavy atom. The van der Waals surface area contributed by atoms with Gasteiger partial charge in [-0.25, -0.2) is 17.9 Å². The van der Waals surface area contributed by atoms with Crippen molar-refractivity contribution >= 4 is 16.0 Å². The van der Waals surface area contributed by atoms with Crippen LogP contribution in [0.15, 0.2) is 23.1 Å². The van der Waals surface area contributed by atoms with Crippen molar-refractivity contribution in [3.05, 3.63) is 29.3 Å². The molecule has 0 aliphatic rings. The van der Waals surface area contributed by atoms with Crippen molar-refractivity contribution in [3.63, 3.8) is 0 Å². The van der Waals surface area contributed by atoms with Crippen LogP contribution in [0.4, 0.5) is 0 Å². The molecule has 106 valence electrons. The Bertz CT molecular complexity index is 567. The molecule has 3 N–H and O–H groups in total. The van der Waals surface area contributed by atoms with Gasteiger partial charge >= 0.3 is 5.97 Å². The summed E-state index contributed by atoms with van der Waals surface area (Å²) in [6, 6.07) is 3.36. The summed E-state index contributed by atoms with van der Waals surface area (Å²) in [6.07, 6.45) is 0.462. The van der Waals surface area contributed by atoms with Gasteiger partial charge in [-0.15, -0.1) is 0 Å². The van der Waals surface area contributed by atoms with Crippen LogP contribution in [0, 0.1) is 0 Å². The molecule has 0 saturated carbocycles. The summed E-state index contributed by atoms with van der Waals surface area (Å²) in [4.78, 5) is 10.8. The number of aliphatic hydroxyl groups is 1. The van der Waals surface area contributed by atoms with Gasteiger partial charge in [-0.1, -0.05) is 13.0 Å². The highest BCUT2D eigenvalue weighted by molar-refractivity contribution is 7.89. The standard InChI is InChI=1S/C12H17NO5S/c1-3-9-4-5-10(12(15)16)6-11(9)19(17,18)13-8(2)7-14/h4-6,8,13-14H,3,7H2,1-2H3,(H,15,16)/t8-/m1/s1. The third kappa shape index (κ3) is 3.76. The summed E-state index contributed by atoms with van der Waals surface area (Å²) in [7, 11) is -3.84. The molecule has 0 amide bonds. The summed E-state index contributed by atoms with van der Waals surface area (Å²) in [5.74, 6) is -1.19. The normalized spacial score (nSPS) is 13.2. The van der Waals surface area contributed by atoms with Gasteiger partial charge in [0.15, 0.2) is 0 Å². The maximum absolute atomic E-state index is 12.1. The molecule has 1 atom stereocenters. The molecule has 0 spiro atoms. The molecule has 0 aliphatic heterocycles. The molecular formula is C12H17NO5S. The minimum absolute atomic E-state index is 0.0600. The van der Waals surface area contributed by atoms with E-state index in [0.717, 1.165) is 6.07 Å². The van der Waals surface area contributed by atoms with E-state index in [2.05, 4.69) is 4.72 Å². The molecule has 1 rings (SSSR count). The lowest BCUT2D eigenvalue weighted by molar-refractivity contribution is 0.0696. The number of benzene rings is 1. The van der Waals surface area contributed by atoms with Crippen LogP contribution in [0.1, 0.15) is 29.8 Å². The van der Waals surface area contributed by atoms with Crippen LogP contribution >= 0.6 is 0 Å². The molecule has 1 aromatic rings. The van der Waals surface area contributed by atoms with Crippen molar-refractivity contribution in [2.75, 3.05) is 6.61 Å². The van der Waals surface area contributed by atoms with E-state index in [4.69, 9.17) is 10.2 Å². The molecule has 1 aromatic carbocycles. The lowest BCUT2D eigenvalue weighted by Crippen LogP contribution is -2.35. The van der Waals surface area contributed by atoms with Gasteiger partial charge in [-0.05, 0) is 31.0 Å². The number of hydrogen-bond acceptors (Lipinski definition) is 4. The highest BCUT2D eigenvalue weighted by atomic mass is 32.2. The molecule has 0 aliphatic carbocycles. The summed E-state index contributed by atoms with van der Waals surface area (Å²) in [5, 5.41) is 17.8. The Labute approximate surface area is 112 Å². The fourth-order valence-corrected chi connectivity index (χ4v) is 3.17. The van der Waals surface area contributed by atoms with E-state index in [1.165, 1.54) is 19.1 Å². The molecule has 0 bridgehead atoms. The van der Waals surface area contributed by atoms with Gasteiger partial charge in [0.2, 0.25) is 10.0 Å². The minimum Gasteiger partial charge on any atom is -0.478 e. The maximum atomic E-state index is 12.1. The third-order valence-electron chi connectivity index (χ3n) is 2.61. The zero-order valence-electron chi connectivity index (χ0n) is 10.8. The quantitative estimate of drug-likeness (QED) is 0.711. The molecule has 6 nitrogen and oxygen atoms in total. The van der Waals surface area contributed by atoms with Crippen LogP contribution in [-0.2, 0) is 16.4 Å². The Kier molecular flexibility index (Phi) is 5.04. The molecule has 0 unspecified atom stereocenters. The van der Waals surface area contributed by atoms with Gasteiger partial charge < -0.3 is 10.2 Å². The highest BCUT2D eigenvalue weighted by Gasteiger charge is 2.21. The lowest BCUT2D eigenvalue weighted by Gasteiger charge is -2.14. The van der Waals surface area contributed by atoms with Crippen LogP contribution in [0.5, 0.6) is 0 Å². The maximum Gasteiger partial charge on any atom is 0.335 e. The average molecular weight is 287 g/mol. The number of carbonyl (C=O) groups is 1. The SMILES string of the molecule is CCc1ccc(C(=O)O)cc1S(=O)(=O)N[C@H](C)CO. The van der Waals surface area contributed by atoms with E-state index in [9.17, 15) is 13.2 Å². The second kappa shape index (κ2) is 6.14. The first-order valence-corrected chi connectivity index (χ1v) is 7.29. The van der Waals surface area contributed by atoms with Crippen molar-refractivity contribution in [3.8, 4) is 0 Å². The monoisotopic (exact) mass is 287 g/mol. The number of rotatable bonds is 6. The number of hydrogen-bond donors (Lipinski definition) is 3. The molecule has 0 saturated heterocycles. The Morgan fingerprint density at radius 3 is 2.53 bits per heavy atom. The fourth-order valence-electron chi connectivity index (χ4n) is 1.60. The topological polar surface area (TPSA) is 104 Å². The summed E-state index contributed by atoms with van der Waals surface area (Å²) in [5.41, 5.74) is 0.442. The lowest BCUT2D eigenvalue weighted by atomic mass is 10.1. The minimum atomic E-state index is -3.84. The van der Waals surface area contributed by atoms with Gasteiger partial charge in [0.25, 0.3) is 0 Å². The van der Waals surface area contributed by atoms with Gasteiger partial charge in [-0.3, -0.25) is 0 Å². The second-order valence-corrected chi connectivity index (χ2v) is 5.87. The first-order chi connectivity index (χ1) is 8.81. The third-order valence-corrected chi connectivity index (χ3v) is 4.29. The van der Waals surface area contributed by atoms with Gasteiger partial charge in [0.1, 0.15) is 0 Å². The van der Waals surface area contributed by atoms with Gasteiger partial charge in [-0.2, -0.15) is 0 Å². The Balaban J connectivity index is 3.30. The first kappa shape index (κ1) is 15.6. The number of aryl methyl sites for hydroxylation is 1. The van der Waals surface area contributed by atoms with Crippen LogP contribution in [0.25, 0.3) is 0 Å². The number of sulfonamides is 1. The van der Waals surface area contributed by atoms with Crippen LogP contribution in [-0.4, -0.2) is 37.2 Å². The predicted octanol–water partition coefficient (Wildman–Crippen LogP) is 0.606. The Morgan fingerprint density at radius 1 is 1.42 bits per heavy atom. The molecule has 19 heavy (non-hydrogen) atoms. The zero-order valence-corrected chi connectivity index (χ0v) is 11.6. The zero-order chi connectivity index (χ0) is 14.6. The van der Waals surface area contributed by atoms with Crippen molar-refractivity contribution in [2.24, 2.45) is 0 Å². The molecule has 0 heterocycles. The first-order valence-electron chi connectivity index (χ1n) is 5.81. The van der Waals surface area contributed by atoms with E-state index in [-0.39, 0.29) is 17.1 Å². The smallest absolute Gasteiger partial charge is 0.335 e. The van der Waals surface area contributed by atoms with E-state index in [0.29, 0.717) is 12.0 Å². The van der Waals surface area contributed by atoms with Crippen LogP contribution in [0.3, 0.4) is 0 Å². The number of aromatic carboxylic acids is 1. The van der Waals surface area contributed by atoms with Crippen LogP contribution in [0.2, 0.25) is 0 Å². The number of carboxylic acids is 1. The summed E-state index contributed by atoms with van der Waals surface area (Å²) < 4.78 is 26.6. The Hall–Kier alpha value is -1.44. The molecule has 0 radical (unpaired) electrons. The van der Waals surface area contributed by atoms with Crippen molar-refractivity contribution in [1.82, 2.24) is 4.72 Å². The second-order valence-electron chi connectivity index (χ2n) is 4.19. The van der Waals surface area contributed by atoms with Crippen molar-refractivity contribution < 1.29 is 23.4 Å². The van der Waals surface area contributed by atoms with Gasteiger partial charge in [0, 0.05) is 6.04 Å². The molecule has 0 fully saturated rings. The van der Waals surface area contributed by atoms with E-state index in [1.54, 1.807) is 6.92 Å².